The predicted molar refractivity (Wildman–Crippen MR) is 121 cm³/mol. The van der Waals surface area contributed by atoms with Crippen molar-refractivity contribution in [2.45, 2.75) is 32.4 Å². The third-order valence-electron chi connectivity index (χ3n) is 5.31. The Kier molecular flexibility index (Phi) is 7.77. The van der Waals surface area contributed by atoms with Gasteiger partial charge in [-0.1, -0.05) is 41.4 Å². The Morgan fingerprint density at radius 1 is 1.20 bits per heavy atom. The summed E-state index contributed by atoms with van der Waals surface area (Å²) in [5, 5.41) is 3.55. The lowest BCUT2D eigenvalue weighted by molar-refractivity contribution is -0.117. The molecule has 30 heavy (non-hydrogen) atoms. The topological polar surface area (TPSA) is 50.8 Å². The molecule has 160 valence electrons. The predicted octanol–water partition coefficient (Wildman–Crippen LogP) is 4.46. The molecule has 2 aromatic carbocycles. The van der Waals surface area contributed by atoms with Crippen LogP contribution in [0.5, 0.6) is 11.5 Å². The number of aryl methyl sites for hydroxylation is 1. The second-order valence-corrected chi connectivity index (χ2v) is 8.03. The second kappa shape index (κ2) is 10.5. The molecule has 0 aliphatic carbocycles. The minimum atomic E-state index is -0.0990. The first-order chi connectivity index (χ1) is 14.5. The van der Waals surface area contributed by atoms with E-state index < -0.39 is 0 Å². The Balaban J connectivity index is 1.49. The first-order valence-corrected chi connectivity index (χ1v) is 10.5. The van der Waals surface area contributed by atoms with Gasteiger partial charge >= 0.3 is 0 Å². The maximum absolute atomic E-state index is 12.4. The largest absolute Gasteiger partial charge is 0.493 e. The molecule has 0 atom stereocenters. The Labute approximate surface area is 183 Å². The van der Waals surface area contributed by atoms with Crippen molar-refractivity contribution < 1.29 is 14.3 Å². The number of carbonyl (C=O) groups excluding carboxylic acids is 1. The number of likely N-dealkylation sites (tertiary alicyclic amines) is 1. The molecular weight excluding hydrogens is 400 g/mol. The summed E-state index contributed by atoms with van der Waals surface area (Å²) in [4.78, 5) is 14.8. The fourth-order valence-electron chi connectivity index (χ4n) is 3.76. The number of benzene rings is 2. The van der Waals surface area contributed by atoms with Crippen LogP contribution in [0.1, 0.15) is 29.5 Å². The van der Waals surface area contributed by atoms with E-state index in [9.17, 15) is 4.79 Å². The van der Waals surface area contributed by atoms with Gasteiger partial charge in [-0.25, -0.2) is 0 Å². The van der Waals surface area contributed by atoms with E-state index >= 15 is 0 Å². The Bertz CT molecular complexity index is 905. The minimum Gasteiger partial charge on any atom is -0.493 e. The summed E-state index contributed by atoms with van der Waals surface area (Å²) < 4.78 is 10.5. The molecule has 1 N–H and O–H groups in total. The van der Waals surface area contributed by atoms with E-state index in [0.717, 1.165) is 38.0 Å². The lowest BCUT2D eigenvalue weighted by atomic mass is 10.0. The molecule has 3 rings (SSSR count). The zero-order valence-electron chi connectivity index (χ0n) is 17.8. The molecule has 1 amide bonds. The Hall–Kier alpha value is -2.50. The molecule has 1 aliphatic heterocycles. The van der Waals surface area contributed by atoms with Crippen LogP contribution in [0.2, 0.25) is 5.02 Å². The number of nitrogens with zero attached hydrogens (tertiary/aromatic N) is 1. The third-order valence-corrected chi connectivity index (χ3v) is 5.59. The van der Waals surface area contributed by atoms with Gasteiger partial charge in [-0.3, -0.25) is 9.69 Å². The van der Waals surface area contributed by atoms with Crippen molar-refractivity contribution in [3.8, 4) is 11.5 Å². The molecule has 1 saturated heterocycles. The number of methoxy groups -OCH3 is 2. The summed E-state index contributed by atoms with van der Waals surface area (Å²) in [6, 6.07) is 12.4. The van der Waals surface area contributed by atoms with E-state index in [4.69, 9.17) is 21.1 Å². The van der Waals surface area contributed by atoms with Crippen molar-refractivity contribution in [2.75, 3.05) is 27.3 Å². The number of amides is 1. The Morgan fingerprint density at radius 2 is 1.97 bits per heavy atom. The minimum absolute atomic E-state index is 0.0990. The van der Waals surface area contributed by atoms with Gasteiger partial charge < -0.3 is 14.8 Å². The van der Waals surface area contributed by atoms with Crippen LogP contribution in [0.15, 0.2) is 42.5 Å². The smallest absolute Gasteiger partial charge is 0.244 e. The number of hydrogen-bond acceptors (Lipinski definition) is 4. The molecule has 0 unspecified atom stereocenters. The van der Waals surface area contributed by atoms with E-state index in [-0.39, 0.29) is 11.9 Å². The molecule has 0 aromatic heterocycles. The van der Waals surface area contributed by atoms with Crippen LogP contribution in [0.25, 0.3) is 6.08 Å². The number of rotatable bonds is 7. The number of ether oxygens (including phenoxy) is 2. The molecule has 0 radical (unpaired) electrons. The van der Waals surface area contributed by atoms with Crippen LogP contribution >= 0.6 is 11.6 Å². The maximum Gasteiger partial charge on any atom is 0.244 e. The van der Waals surface area contributed by atoms with Crippen molar-refractivity contribution in [1.82, 2.24) is 10.2 Å². The van der Waals surface area contributed by atoms with Crippen LogP contribution < -0.4 is 14.8 Å². The fourth-order valence-corrected chi connectivity index (χ4v) is 4.06. The van der Waals surface area contributed by atoms with Crippen molar-refractivity contribution in [2.24, 2.45) is 0 Å². The van der Waals surface area contributed by atoms with Gasteiger partial charge in [0.15, 0.2) is 11.5 Å². The van der Waals surface area contributed by atoms with Gasteiger partial charge in [-0.05, 0) is 49.1 Å². The molecule has 1 aliphatic rings. The molecule has 5 nitrogen and oxygen atoms in total. The summed E-state index contributed by atoms with van der Waals surface area (Å²) in [5.41, 5.74) is 3.41. The lowest BCUT2D eigenvalue weighted by Gasteiger charge is -2.32. The van der Waals surface area contributed by atoms with E-state index in [0.29, 0.717) is 16.5 Å². The van der Waals surface area contributed by atoms with Crippen molar-refractivity contribution in [1.29, 1.82) is 0 Å². The lowest BCUT2D eigenvalue weighted by Crippen LogP contribution is -2.43. The van der Waals surface area contributed by atoms with Gasteiger partial charge in [-0.2, -0.15) is 0 Å². The molecule has 2 aromatic rings. The highest BCUT2D eigenvalue weighted by Crippen LogP contribution is 2.36. The average Bonchev–Trinajstić information content (AvgIpc) is 2.73. The monoisotopic (exact) mass is 428 g/mol. The first kappa shape index (κ1) is 22.2. The maximum atomic E-state index is 12.4. The van der Waals surface area contributed by atoms with Gasteiger partial charge in [-0.15, -0.1) is 0 Å². The second-order valence-electron chi connectivity index (χ2n) is 7.62. The third kappa shape index (κ3) is 6.00. The van der Waals surface area contributed by atoms with Gasteiger partial charge in [0.2, 0.25) is 5.91 Å². The molecule has 1 heterocycles. The SMILES string of the molecule is COc1cc(/C=C/C(=O)NC2CCN(Cc3cccc(C)c3)CC2)cc(Cl)c1OC. The van der Waals surface area contributed by atoms with Crippen molar-refractivity contribution >= 4 is 23.6 Å². The highest BCUT2D eigenvalue weighted by atomic mass is 35.5. The number of nitrogens with one attached hydrogen (secondary N) is 1. The highest BCUT2D eigenvalue weighted by Gasteiger charge is 2.20. The molecule has 6 heteroatoms. The molecule has 0 saturated carbocycles. The number of carbonyl (C=O) groups is 1. The summed E-state index contributed by atoms with van der Waals surface area (Å²) in [5.74, 6) is 0.919. The summed E-state index contributed by atoms with van der Waals surface area (Å²) in [6.45, 7) is 5.04. The van der Waals surface area contributed by atoms with Crippen molar-refractivity contribution in [3.05, 3.63) is 64.2 Å². The van der Waals surface area contributed by atoms with E-state index in [2.05, 4.69) is 41.4 Å². The zero-order chi connectivity index (χ0) is 21.5. The van der Waals surface area contributed by atoms with Crippen LogP contribution in [-0.2, 0) is 11.3 Å². The van der Waals surface area contributed by atoms with Gasteiger partial charge in [0.05, 0.1) is 19.2 Å². The summed E-state index contributed by atoms with van der Waals surface area (Å²) >= 11 is 6.22. The number of piperidine rings is 1. The van der Waals surface area contributed by atoms with Gasteiger partial charge in [0, 0.05) is 31.8 Å². The van der Waals surface area contributed by atoms with E-state index in [1.807, 2.05) is 0 Å². The van der Waals surface area contributed by atoms with E-state index in [1.54, 1.807) is 32.4 Å². The zero-order valence-corrected chi connectivity index (χ0v) is 18.5. The number of halogens is 1. The quantitative estimate of drug-likeness (QED) is 0.661. The highest BCUT2D eigenvalue weighted by molar-refractivity contribution is 6.32. The normalized spacial score (nSPS) is 15.3. The summed E-state index contributed by atoms with van der Waals surface area (Å²) in [6.07, 6.45) is 5.17. The van der Waals surface area contributed by atoms with Crippen LogP contribution in [0.4, 0.5) is 0 Å². The average molecular weight is 429 g/mol. The van der Waals surface area contributed by atoms with Crippen LogP contribution in [0, 0.1) is 6.92 Å². The Morgan fingerprint density at radius 3 is 2.63 bits per heavy atom. The number of hydrogen-bond donors (Lipinski definition) is 1. The molecule has 0 bridgehead atoms. The summed E-state index contributed by atoms with van der Waals surface area (Å²) in [7, 11) is 3.10. The first-order valence-electron chi connectivity index (χ1n) is 10.2. The molecule has 0 spiro atoms. The van der Waals surface area contributed by atoms with Crippen LogP contribution in [0.3, 0.4) is 0 Å². The van der Waals surface area contributed by atoms with Gasteiger partial charge in [0.25, 0.3) is 0 Å². The van der Waals surface area contributed by atoms with E-state index in [1.165, 1.54) is 17.2 Å². The van der Waals surface area contributed by atoms with Crippen LogP contribution in [-0.4, -0.2) is 44.2 Å². The standard InChI is InChI=1S/C24H29ClN2O3/c1-17-5-4-6-19(13-17)16-27-11-9-20(10-12-27)26-23(28)8-7-18-14-21(25)24(30-3)22(15-18)29-2/h4-8,13-15,20H,9-12,16H2,1-3H3,(H,26,28)/b8-7+. The molecule has 1 fully saturated rings. The fraction of sp³-hybridized carbons (Fsp3) is 0.375. The van der Waals surface area contributed by atoms with Crippen molar-refractivity contribution in [3.63, 3.8) is 0 Å². The van der Waals surface area contributed by atoms with Gasteiger partial charge in [0.1, 0.15) is 0 Å². The molecular formula is C24H29ClN2O3.